The van der Waals surface area contributed by atoms with Gasteiger partial charge in [0.15, 0.2) is 0 Å². The van der Waals surface area contributed by atoms with Gasteiger partial charge in [0.05, 0.1) is 12.0 Å². The molecule has 1 aromatic heterocycles. The number of sulfonamides is 1. The van der Waals surface area contributed by atoms with Crippen molar-refractivity contribution < 1.29 is 17.5 Å². The molecule has 0 saturated heterocycles. The average molecular weight is 460 g/mol. The van der Waals surface area contributed by atoms with E-state index in [1.807, 2.05) is 0 Å². The zero-order valence-electron chi connectivity index (χ0n) is 18.1. The highest BCUT2D eigenvalue weighted by Gasteiger charge is 2.36. The van der Waals surface area contributed by atoms with Gasteiger partial charge in [-0.2, -0.15) is 8.99 Å². The molecule has 1 aliphatic rings. The van der Waals surface area contributed by atoms with Crippen LogP contribution in [0.2, 0.25) is 0 Å². The highest BCUT2D eigenvalue weighted by Crippen LogP contribution is 2.35. The van der Waals surface area contributed by atoms with Crippen molar-refractivity contribution in [2.45, 2.75) is 50.1 Å². The first kappa shape index (κ1) is 22.3. The molecule has 0 N–H and O–H groups in total. The van der Waals surface area contributed by atoms with Gasteiger partial charge in [0.1, 0.15) is 23.6 Å². The van der Waals surface area contributed by atoms with Gasteiger partial charge in [-0.25, -0.2) is 12.8 Å². The lowest BCUT2D eigenvalue weighted by Gasteiger charge is -2.38. The third kappa shape index (κ3) is 4.37. The Hall–Kier alpha value is -2.85. The first-order valence-corrected chi connectivity index (χ1v) is 12.0. The van der Waals surface area contributed by atoms with Gasteiger partial charge < -0.3 is 4.74 Å². The topological polar surface area (TPSA) is 90.2 Å². The van der Waals surface area contributed by atoms with Crippen LogP contribution in [-0.4, -0.2) is 46.1 Å². The predicted octanol–water partition coefficient (Wildman–Crippen LogP) is 3.58. The number of nitrogens with zero attached hydrogens (tertiary/aromatic N) is 5. The number of ether oxygens (including phenoxy) is 1. The molecule has 4 rings (SSSR count). The number of hydrogen-bond acceptors (Lipinski definition) is 6. The van der Waals surface area contributed by atoms with E-state index in [2.05, 4.69) is 22.4 Å². The molecule has 10 heteroatoms. The summed E-state index contributed by atoms with van der Waals surface area (Å²) in [5.74, 6) is 0.0800. The second-order valence-corrected chi connectivity index (χ2v) is 9.95. The molecule has 1 fully saturated rings. The van der Waals surface area contributed by atoms with Crippen molar-refractivity contribution in [2.75, 3.05) is 7.11 Å². The van der Waals surface area contributed by atoms with Gasteiger partial charge in [-0.1, -0.05) is 38.0 Å². The first-order valence-electron chi connectivity index (χ1n) is 10.6. The Labute approximate surface area is 187 Å². The molecular weight excluding hydrogens is 433 g/mol. The number of aromatic nitrogens is 4. The lowest BCUT2D eigenvalue weighted by molar-refractivity contribution is 0.184. The number of rotatable bonds is 7. The quantitative estimate of drug-likeness (QED) is 0.536. The number of hydrogen-bond donors (Lipinski definition) is 0. The van der Waals surface area contributed by atoms with Crippen LogP contribution in [0.4, 0.5) is 4.39 Å². The van der Waals surface area contributed by atoms with E-state index in [9.17, 15) is 12.8 Å². The van der Waals surface area contributed by atoms with E-state index in [1.165, 1.54) is 40.6 Å². The Morgan fingerprint density at radius 3 is 2.66 bits per heavy atom. The van der Waals surface area contributed by atoms with Crippen molar-refractivity contribution in [3.05, 3.63) is 60.2 Å². The summed E-state index contributed by atoms with van der Waals surface area (Å²) in [6.07, 6.45) is 5.10. The Balaban J connectivity index is 1.76. The van der Waals surface area contributed by atoms with Crippen LogP contribution in [0, 0.1) is 11.7 Å². The Bertz CT molecular complexity index is 1170. The van der Waals surface area contributed by atoms with Crippen LogP contribution in [0.1, 0.15) is 38.2 Å². The van der Waals surface area contributed by atoms with Gasteiger partial charge in [-0.05, 0) is 47.4 Å². The molecule has 1 heterocycles. The van der Waals surface area contributed by atoms with Crippen molar-refractivity contribution in [1.82, 2.24) is 24.5 Å². The van der Waals surface area contributed by atoms with Crippen molar-refractivity contribution in [2.24, 2.45) is 5.92 Å². The molecule has 2 atom stereocenters. The summed E-state index contributed by atoms with van der Waals surface area (Å²) >= 11 is 0. The summed E-state index contributed by atoms with van der Waals surface area (Å²) in [7, 11) is -2.48. The monoisotopic (exact) mass is 459 g/mol. The molecule has 0 radical (unpaired) electrons. The second kappa shape index (κ2) is 9.33. The molecule has 1 aliphatic carbocycles. The van der Waals surface area contributed by atoms with Crippen LogP contribution < -0.4 is 4.74 Å². The summed E-state index contributed by atoms with van der Waals surface area (Å²) < 4.78 is 50.5. The molecule has 0 aliphatic heterocycles. The van der Waals surface area contributed by atoms with E-state index >= 15 is 0 Å². The van der Waals surface area contributed by atoms with Gasteiger partial charge in [0.2, 0.25) is 10.0 Å². The molecule has 0 bridgehead atoms. The molecule has 1 saturated carbocycles. The highest BCUT2D eigenvalue weighted by atomic mass is 32.2. The van der Waals surface area contributed by atoms with Crippen LogP contribution in [0.5, 0.6) is 5.75 Å². The van der Waals surface area contributed by atoms with Crippen LogP contribution in [0.15, 0.2) is 53.7 Å². The first-order chi connectivity index (χ1) is 15.4. The zero-order valence-corrected chi connectivity index (χ0v) is 18.9. The third-order valence-corrected chi connectivity index (χ3v) is 7.94. The molecule has 0 amide bonds. The van der Waals surface area contributed by atoms with E-state index in [0.29, 0.717) is 17.0 Å². The fraction of sp³-hybridized carbons (Fsp3) is 0.409. The minimum atomic E-state index is -3.94. The summed E-state index contributed by atoms with van der Waals surface area (Å²) in [6, 6.07) is 10.7. The second-order valence-electron chi connectivity index (χ2n) is 8.06. The van der Waals surface area contributed by atoms with Crippen LogP contribution in [0.25, 0.3) is 5.69 Å². The molecule has 0 unspecified atom stereocenters. The smallest absolute Gasteiger partial charge is 0.243 e. The van der Waals surface area contributed by atoms with E-state index in [-0.39, 0.29) is 23.4 Å². The van der Waals surface area contributed by atoms with Crippen molar-refractivity contribution in [3.8, 4) is 11.4 Å². The van der Waals surface area contributed by atoms with Crippen molar-refractivity contribution in [1.29, 1.82) is 0 Å². The van der Waals surface area contributed by atoms with Gasteiger partial charge in [0, 0.05) is 24.2 Å². The standard InChI is InChI=1S/C22H26FN5O3S/c1-16-7-3-6-10-20(16)28(14-17-8-4-5-9-19(17)23)32(29,30)18-11-12-21(22(13-18)31-2)27-15-24-25-26-27/h4-5,8-9,11-13,15-16,20H,3,6-7,10,14H2,1-2H3/t16-,20-/m1/s1. The summed E-state index contributed by atoms with van der Waals surface area (Å²) in [4.78, 5) is 0.0836. The van der Waals surface area contributed by atoms with Crippen molar-refractivity contribution >= 4 is 10.0 Å². The summed E-state index contributed by atoms with van der Waals surface area (Å²) in [5.41, 5.74) is 0.870. The van der Waals surface area contributed by atoms with Gasteiger partial charge in [0.25, 0.3) is 0 Å². The number of halogens is 1. The maximum atomic E-state index is 14.5. The Kier molecular flexibility index (Phi) is 6.52. The lowest BCUT2D eigenvalue weighted by atomic mass is 9.86. The number of benzene rings is 2. The number of methoxy groups -OCH3 is 1. The molecule has 0 spiro atoms. The molecule has 170 valence electrons. The molecule has 32 heavy (non-hydrogen) atoms. The van der Waals surface area contributed by atoms with E-state index in [1.54, 1.807) is 24.3 Å². The molecule has 8 nitrogen and oxygen atoms in total. The molecular formula is C22H26FN5O3S. The zero-order chi connectivity index (χ0) is 22.7. The van der Waals surface area contributed by atoms with Gasteiger partial charge in [-0.3, -0.25) is 0 Å². The van der Waals surface area contributed by atoms with Crippen LogP contribution in [-0.2, 0) is 16.6 Å². The fourth-order valence-electron chi connectivity index (χ4n) is 4.31. The van der Waals surface area contributed by atoms with Gasteiger partial charge >= 0.3 is 0 Å². The maximum Gasteiger partial charge on any atom is 0.243 e. The van der Waals surface area contributed by atoms with Crippen LogP contribution >= 0.6 is 0 Å². The fourth-order valence-corrected chi connectivity index (χ4v) is 6.06. The molecule has 3 aromatic rings. The largest absolute Gasteiger partial charge is 0.494 e. The minimum absolute atomic E-state index is 0.0267. The van der Waals surface area contributed by atoms with Gasteiger partial charge in [-0.15, -0.1) is 5.10 Å². The summed E-state index contributed by atoms with van der Waals surface area (Å²) in [5, 5.41) is 11.1. The predicted molar refractivity (Wildman–Crippen MR) is 116 cm³/mol. The van der Waals surface area contributed by atoms with Crippen molar-refractivity contribution in [3.63, 3.8) is 0 Å². The van der Waals surface area contributed by atoms with E-state index in [4.69, 9.17) is 4.74 Å². The minimum Gasteiger partial charge on any atom is -0.494 e. The number of tetrazole rings is 1. The SMILES string of the molecule is COc1cc(S(=O)(=O)N(Cc2ccccc2F)[C@@H]2CCCC[C@H]2C)ccc1-n1cnnn1. The van der Waals surface area contributed by atoms with Crippen LogP contribution in [0.3, 0.4) is 0 Å². The summed E-state index contributed by atoms with van der Waals surface area (Å²) in [6.45, 7) is 2.04. The average Bonchev–Trinajstić information content (AvgIpc) is 3.33. The molecule has 2 aromatic carbocycles. The maximum absolute atomic E-state index is 14.5. The third-order valence-electron chi connectivity index (χ3n) is 6.07. The van der Waals surface area contributed by atoms with E-state index < -0.39 is 15.8 Å². The highest BCUT2D eigenvalue weighted by molar-refractivity contribution is 7.89. The van der Waals surface area contributed by atoms with E-state index in [0.717, 1.165) is 25.7 Å². The Morgan fingerprint density at radius 2 is 1.97 bits per heavy atom. The normalized spacial score (nSPS) is 19.2. The lowest BCUT2D eigenvalue weighted by Crippen LogP contribution is -2.44. The Morgan fingerprint density at radius 1 is 1.19 bits per heavy atom.